The van der Waals surface area contributed by atoms with Gasteiger partial charge in [0, 0.05) is 11.6 Å². The Hall–Kier alpha value is -3.67. The second kappa shape index (κ2) is 10.2. The summed E-state index contributed by atoms with van der Waals surface area (Å²) in [5.41, 5.74) is 1.35. The van der Waals surface area contributed by atoms with Crippen molar-refractivity contribution in [2.24, 2.45) is 0 Å². The van der Waals surface area contributed by atoms with Gasteiger partial charge in [0.2, 0.25) is 5.91 Å². The molecule has 0 radical (unpaired) electrons. The van der Waals surface area contributed by atoms with Crippen molar-refractivity contribution < 1.29 is 23.7 Å². The number of carbonyl (C=O) groups is 1. The topological polar surface area (TPSA) is 66.0 Å². The molecule has 0 saturated heterocycles. The first-order chi connectivity index (χ1) is 14.6. The Morgan fingerprint density at radius 3 is 2.23 bits per heavy atom. The highest BCUT2D eigenvalue weighted by Crippen LogP contribution is 2.31. The van der Waals surface area contributed by atoms with Gasteiger partial charge in [-0.05, 0) is 49.4 Å². The fourth-order valence-electron chi connectivity index (χ4n) is 2.92. The predicted octanol–water partition coefficient (Wildman–Crippen LogP) is 5.08. The molecule has 3 rings (SSSR count). The fraction of sp³-hybridized carbons (Fsp3) is 0.208. The first-order valence-corrected chi connectivity index (χ1v) is 9.63. The van der Waals surface area contributed by atoms with Gasteiger partial charge in [0.25, 0.3) is 0 Å². The molecule has 0 heterocycles. The first-order valence-electron chi connectivity index (χ1n) is 9.63. The summed E-state index contributed by atoms with van der Waals surface area (Å²) in [6.45, 7) is 2.54. The van der Waals surface area contributed by atoms with Gasteiger partial charge in [-0.3, -0.25) is 4.79 Å². The standard InChI is InChI=1S/C24H25NO5/c1-4-29-18-11-13-19(14-12-18)30-22-8-6-5-7-21(22)25-24(26)15-17-9-10-20(27-2)16-23(17)28-3/h5-14,16H,4,15H2,1-3H3,(H,25,26). The third kappa shape index (κ3) is 5.44. The molecule has 0 aliphatic rings. The Labute approximate surface area is 176 Å². The van der Waals surface area contributed by atoms with Crippen molar-refractivity contribution in [3.63, 3.8) is 0 Å². The highest BCUT2D eigenvalue weighted by molar-refractivity contribution is 5.94. The fourth-order valence-corrected chi connectivity index (χ4v) is 2.92. The normalized spacial score (nSPS) is 10.2. The SMILES string of the molecule is CCOc1ccc(Oc2ccccc2NC(=O)Cc2ccc(OC)cc2OC)cc1. The molecular weight excluding hydrogens is 382 g/mol. The largest absolute Gasteiger partial charge is 0.497 e. The number of amides is 1. The van der Waals surface area contributed by atoms with Crippen LogP contribution in [-0.2, 0) is 11.2 Å². The van der Waals surface area contributed by atoms with Crippen molar-refractivity contribution in [2.75, 3.05) is 26.1 Å². The van der Waals surface area contributed by atoms with Crippen LogP contribution in [-0.4, -0.2) is 26.7 Å². The summed E-state index contributed by atoms with van der Waals surface area (Å²) in [5.74, 6) is 3.07. The van der Waals surface area contributed by atoms with E-state index in [4.69, 9.17) is 18.9 Å². The van der Waals surface area contributed by atoms with Crippen LogP contribution >= 0.6 is 0 Å². The van der Waals surface area contributed by atoms with Crippen LogP contribution in [0.4, 0.5) is 5.69 Å². The van der Waals surface area contributed by atoms with Gasteiger partial charge in [-0.2, -0.15) is 0 Å². The summed E-state index contributed by atoms with van der Waals surface area (Å²) in [7, 11) is 3.15. The van der Waals surface area contributed by atoms with Crippen molar-refractivity contribution >= 4 is 11.6 Å². The summed E-state index contributed by atoms with van der Waals surface area (Å²) >= 11 is 0. The van der Waals surface area contributed by atoms with E-state index in [1.807, 2.05) is 49.4 Å². The van der Waals surface area contributed by atoms with Crippen molar-refractivity contribution in [3.8, 4) is 28.7 Å². The van der Waals surface area contributed by atoms with Gasteiger partial charge in [0.1, 0.15) is 23.0 Å². The number of carbonyl (C=O) groups excluding carboxylic acids is 1. The lowest BCUT2D eigenvalue weighted by Crippen LogP contribution is -2.15. The molecule has 6 nitrogen and oxygen atoms in total. The average molecular weight is 407 g/mol. The number of ether oxygens (including phenoxy) is 4. The lowest BCUT2D eigenvalue weighted by molar-refractivity contribution is -0.115. The van der Waals surface area contributed by atoms with Gasteiger partial charge >= 0.3 is 0 Å². The van der Waals surface area contributed by atoms with Crippen LogP contribution in [0.2, 0.25) is 0 Å². The summed E-state index contributed by atoms with van der Waals surface area (Å²) in [6.07, 6.45) is 0.157. The number of rotatable bonds is 9. The minimum atomic E-state index is -0.179. The van der Waals surface area contributed by atoms with E-state index in [0.717, 1.165) is 11.3 Å². The number of benzene rings is 3. The number of methoxy groups -OCH3 is 2. The summed E-state index contributed by atoms with van der Waals surface area (Å²) in [6, 6.07) is 20.0. The zero-order chi connectivity index (χ0) is 21.3. The van der Waals surface area contributed by atoms with Crippen molar-refractivity contribution in [1.29, 1.82) is 0 Å². The van der Waals surface area contributed by atoms with Crippen molar-refractivity contribution in [3.05, 3.63) is 72.3 Å². The number of hydrogen-bond acceptors (Lipinski definition) is 5. The van der Waals surface area contributed by atoms with Crippen LogP contribution < -0.4 is 24.3 Å². The zero-order valence-corrected chi connectivity index (χ0v) is 17.3. The maximum Gasteiger partial charge on any atom is 0.229 e. The Kier molecular flexibility index (Phi) is 7.16. The van der Waals surface area contributed by atoms with Crippen LogP contribution in [0.15, 0.2) is 66.7 Å². The molecule has 30 heavy (non-hydrogen) atoms. The van der Waals surface area contributed by atoms with E-state index < -0.39 is 0 Å². The second-order valence-corrected chi connectivity index (χ2v) is 6.41. The van der Waals surface area contributed by atoms with Gasteiger partial charge in [-0.25, -0.2) is 0 Å². The number of para-hydroxylation sites is 2. The molecular formula is C24H25NO5. The summed E-state index contributed by atoms with van der Waals surface area (Å²) < 4.78 is 22.0. The molecule has 0 aromatic heterocycles. The van der Waals surface area contributed by atoms with Crippen molar-refractivity contribution in [1.82, 2.24) is 0 Å². The lowest BCUT2D eigenvalue weighted by Gasteiger charge is -2.14. The van der Waals surface area contributed by atoms with Crippen LogP contribution in [0.25, 0.3) is 0 Å². The Morgan fingerprint density at radius 1 is 0.833 bits per heavy atom. The molecule has 0 bridgehead atoms. The molecule has 3 aromatic rings. The zero-order valence-electron chi connectivity index (χ0n) is 17.3. The summed E-state index contributed by atoms with van der Waals surface area (Å²) in [5, 5.41) is 2.92. The molecule has 0 spiro atoms. The molecule has 156 valence electrons. The Morgan fingerprint density at radius 2 is 1.53 bits per heavy atom. The van der Waals surface area contributed by atoms with Gasteiger partial charge < -0.3 is 24.3 Å². The Balaban J connectivity index is 1.70. The highest BCUT2D eigenvalue weighted by Gasteiger charge is 2.13. The van der Waals surface area contributed by atoms with Crippen molar-refractivity contribution in [2.45, 2.75) is 13.3 Å². The summed E-state index contributed by atoms with van der Waals surface area (Å²) in [4.78, 5) is 12.7. The van der Waals surface area contributed by atoms with Crippen LogP contribution in [0, 0.1) is 0 Å². The van der Waals surface area contributed by atoms with Crippen LogP contribution in [0.5, 0.6) is 28.7 Å². The molecule has 0 aliphatic heterocycles. The molecule has 0 saturated carbocycles. The third-order valence-electron chi connectivity index (χ3n) is 4.37. The highest BCUT2D eigenvalue weighted by atomic mass is 16.5. The minimum absolute atomic E-state index is 0.157. The van der Waals surface area contributed by atoms with E-state index in [1.54, 1.807) is 38.5 Å². The van der Waals surface area contributed by atoms with E-state index in [-0.39, 0.29) is 12.3 Å². The first kappa shape index (κ1) is 21.0. The average Bonchev–Trinajstić information content (AvgIpc) is 2.77. The maximum atomic E-state index is 12.7. The van der Waals surface area contributed by atoms with Gasteiger partial charge in [-0.15, -0.1) is 0 Å². The Bertz CT molecular complexity index is 985. The molecule has 1 N–H and O–H groups in total. The van der Waals surface area contributed by atoms with E-state index in [1.165, 1.54) is 0 Å². The van der Waals surface area contributed by atoms with Crippen LogP contribution in [0.3, 0.4) is 0 Å². The smallest absolute Gasteiger partial charge is 0.229 e. The molecule has 1 amide bonds. The predicted molar refractivity (Wildman–Crippen MR) is 116 cm³/mol. The minimum Gasteiger partial charge on any atom is -0.497 e. The van der Waals surface area contributed by atoms with E-state index in [0.29, 0.717) is 35.3 Å². The molecule has 0 unspecified atom stereocenters. The number of nitrogens with one attached hydrogen (secondary N) is 1. The molecule has 0 atom stereocenters. The monoisotopic (exact) mass is 407 g/mol. The van der Waals surface area contributed by atoms with E-state index in [2.05, 4.69) is 5.32 Å². The number of hydrogen-bond donors (Lipinski definition) is 1. The quantitative estimate of drug-likeness (QED) is 0.536. The molecule has 0 fully saturated rings. The molecule has 6 heteroatoms. The van der Waals surface area contributed by atoms with Gasteiger partial charge in [0.15, 0.2) is 5.75 Å². The van der Waals surface area contributed by atoms with Gasteiger partial charge in [0.05, 0.1) is 32.9 Å². The lowest BCUT2D eigenvalue weighted by atomic mass is 10.1. The molecule has 3 aromatic carbocycles. The van der Waals surface area contributed by atoms with Gasteiger partial charge in [-0.1, -0.05) is 18.2 Å². The van der Waals surface area contributed by atoms with E-state index >= 15 is 0 Å². The van der Waals surface area contributed by atoms with Crippen LogP contribution in [0.1, 0.15) is 12.5 Å². The maximum absolute atomic E-state index is 12.7. The third-order valence-corrected chi connectivity index (χ3v) is 4.37. The van der Waals surface area contributed by atoms with E-state index in [9.17, 15) is 4.79 Å². The molecule has 0 aliphatic carbocycles. The number of anilines is 1. The second-order valence-electron chi connectivity index (χ2n) is 6.41.